The number of H-pyrrole nitrogens is 1. The lowest BCUT2D eigenvalue weighted by molar-refractivity contribution is -0.113. The van der Waals surface area contributed by atoms with E-state index in [1.165, 1.54) is 40.8 Å². The summed E-state index contributed by atoms with van der Waals surface area (Å²) in [7, 11) is 0. The summed E-state index contributed by atoms with van der Waals surface area (Å²) in [5.41, 5.74) is 1.96. The highest BCUT2D eigenvalue weighted by molar-refractivity contribution is 7.99. The molecule has 0 atom stereocenters. The first-order valence-electron chi connectivity index (χ1n) is 8.42. The summed E-state index contributed by atoms with van der Waals surface area (Å²) < 4.78 is 0. The zero-order chi connectivity index (χ0) is 18.3. The van der Waals surface area contributed by atoms with Gasteiger partial charge >= 0.3 is 0 Å². The highest BCUT2D eigenvalue weighted by atomic mass is 32.2. The molecule has 0 saturated carbocycles. The maximum Gasteiger partial charge on any atom is 0.260 e. The number of anilines is 1. The third kappa shape index (κ3) is 3.43. The zero-order valence-corrected chi connectivity index (χ0v) is 16.9. The molecule has 3 aromatic heterocycles. The molecule has 0 aromatic carbocycles. The molecule has 0 radical (unpaired) electrons. The lowest BCUT2D eigenvalue weighted by atomic mass is 10.0. The number of thiazole rings is 1. The number of thioether (sulfide) groups is 1. The van der Waals surface area contributed by atoms with E-state index in [0.717, 1.165) is 33.8 Å². The standard InChI is InChI=1S/C17H18N4O2S3/c1-8-9(2)25-15-13(8)14(23)20-16(21-15)24-7-12(22)19-17-18-10-5-3-4-6-11(10)26-17/h3-7H2,1-2H3,(H,18,19,22)(H,20,21,23). The Labute approximate surface area is 162 Å². The number of amides is 1. The Kier molecular flexibility index (Phi) is 4.85. The molecule has 26 heavy (non-hydrogen) atoms. The molecule has 3 aromatic rings. The number of carbonyl (C=O) groups is 1. The number of thiophene rings is 1. The van der Waals surface area contributed by atoms with Gasteiger partial charge in [0.05, 0.1) is 16.8 Å². The Morgan fingerprint density at radius 3 is 2.85 bits per heavy atom. The van der Waals surface area contributed by atoms with Gasteiger partial charge in [-0.3, -0.25) is 9.59 Å². The van der Waals surface area contributed by atoms with Gasteiger partial charge in [0.1, 0.15) is 4.83 Å². The van der Waals surface area contributed by atoms with E-state index in [9.17, 15) is 9.59 Å². The van der Waals surface area contributed by atoms with Crippen molar-refractivity contribution in [2.24, 2.45) is 0 Å². The fourth-order valence-corrected chi connectivity index (χ4v) is 5.81. The maximum atomic E-state index is 12.3. The minimum absolute atomic E-state index is 0.137. The number of nitrogens with zero attached hydrogens (tertiary/aromatic N) is 2. The van der Waals surface area contributed by atoms with Gasteiger partial charge in [-0.25, -0.2) is 9.97 Å². The summed E-state index contributed by atoms with van der Waals surface area (Å²) in [6.07, 6.45) is 4.43. The molecule has 3 heterocycles. The number of fused-ring (bicyclic) bond motifs is 2. The molecule has 0 bridgehead atoms. The van der Waals surface area contributed by atoms with E-state index in [-0.39, 0.29) is 17.2 Å². The average Bonchev–Trinajstić information content (AvgIpc) is 3.13. The molecule has 136 valence electrons. The van der Waals surface area contributed by atoms with Gasteiger partial charge in [-0.2, -0.15) is 0 Å². The third-order valence-corrected chi connectivity index (χ3v) is 7.50. The summed E-state index contributed by atoms with van der Waals surface area (Å²) >= 11 is 4.31. The maximum absolute atomic E-state index is 12.3. The minimum atomic E-state index is -0.146. The molecule has 2 N–H and O–H groups in total. The fourth-order valence-electron chi connectivity index (χ4n) is 3.00. The van der Waals surface area contributed by atoms with Crippen LogP contribution in [0.2, 0.25) is 0 Å². The van der Waals surface area contributed by atoms with Gasteiger partial charge in [-0.1, -0.05) is 11.8 Å². The minimum Gasteiger partial charge on any atom is -0.301 e. The highest BCUT2D eigenvalue weighted by Crippen LogP contribution is 2.30. The van der Waals surface area contributed by atoms with Crippen molar-refractivity contribution in [2.75, 3.05) is 11.1 Å². The van der Waals surface area contributed by atoms with Gasteiger partial charge in [-0.15, -0.1) is 22.7 Å². The van der Waals surface area contributed by atoms with Crippen LogP contribution >= 0.6 is 34.4 Å². The average molecular weight is 407 g/mol. The number of nitrogens with one attached hydrogen (secondary N) is 2. The highest BCUT2D eigenvalue weighted by Gasteiger charge is 2.17. The first-order valence-corrected chi connectivity index (χ1v) is 11.0. The smallest absolute Gasteiger partial charge is 0.260 e. The van der Waals surface area contributed by atoms with Crippen molar-refractivity contribution in [3.63, 3.8) is 0 Å². The van der Waals surface area contributed by atoms with Crippen molar-refractivity contribution in [3.05, 3.63) is 31.4 Å². The van der Waals surface area contributed by atoms with Crippen molar-refractivity contribution in [2.45, 2.75) is 44.7 Å². The molecule has 0 spiro atoms. The number of aromatic nitrogens is 3. The molecule has 6 nitrogen and oxygen atoms in total. The van der Waals surface area contributed by atoms with Crippen molar-refractivity contribution in [1.82, 2.24) is 15.0 Å². The number of hydrogen-bond donors (Lipinski definition) is 2. The predicted octanol–water partition coefficient (Wildman–Crippen LogP) is 3.67. The van der Waals surface area contributed by atoms with Crippen LogP contribution in [0.3, 0.4) is 0 Å². The molecule has 9 heteroatoms. The Morgan fingerprint density at radius 1 is 1.23 bits per heavy atom. The molecule has 0 saturated heterocycles. The van der Waals surface area contributed by atoms with Crippen LogP contribution in [0.4, 0.5) is 5.13 Å². The second-order valence-electron chi connectivity index (χ2n) is 6.27. The largest absolute Gasteiger partial charge is 0.301 e. The molecule has 0 unspecified atom stereocenters. The van der Waals surface area contributed by atoms with E-state index in [4.69, 9.17) is 0 Å². The molecule has 0 fully saturated rings. The van der Waals surface area contributed by atoms with Gasteiger partial charge in [-0.05, 0) is 45.1 Å². The van der Waals surface area contributed by atoms with E-state index < -0.39 is 0 Å². The molecule has 1 aliphatic carbocycles. The summed E-state index contributed by atoms with van der Waals surface area (Å²) in [5.74, 6) is 0.0459. The summed E-state index contributed by atoms with van der Waals surface area (Å²) in [6.45, 7) is 3.91. The van der Waals surface area contributed by atoms with E-state index in [2.05, 4.69) is 20.3 Å². The van der Waals surface area contributed by atoms with Crippen LogP contribution in [0.5, 0.6) is 0 Å². The first-order chi connectivity index (χ1) is 12.5. The molecule has 0 aliphatic heterocycles. The van der Waals surface area contributed by atoms with Gasteiger partial charge in [0.15, 0.2) is 10.3 Å². The second kappa shape index (κ2) is 7.13. The van der Waals surface area contributed by atoms with Crippen LogP contribution in [0.15, 0.2) is 9.95 Å². The van der Waals surface area contributed by atoms with Gasteiger partial charge < -0.3 is 10.3 Å². The molecule has 1 aliphatic rings. The second-order valence-corrected chi connectivity index (χ2v) is 9.52. The number of carbonyl (C=O) groups excluding carboxylic acids is 1. The third-order valence-electron chi connectivity index (χ3n) is 4.45. The monoisotopic (exact) mass is 406 g/mol. The Balaban J connectivity index is 1.43. The van der Waals surface area contributed by atoms with Crippen LogP contribution in [0.25, 0.3) is 10.2 Å². The van der Waals surface area contributed by atoms with Gasteiger partial charge in [0, 0.05) is 9.75 Å². The van der Waals surface area contributed by atoms with Crippen LogP contribution in [-0.4, -0.2) is 26.6 Å². The van der Waals surface area contributed by atoms with Crippen LogP contribution < -0.4 is 10.9 Å². The lowest BCUT2D eigenvalue weighted by Crippen LogP contribution is -2.15. The summed E-state index contributed by atoms with van der Waals surface area (Å²) in [6, 6.07) is 0. The first kappa shape index (κ1) is 17.7. The van der Waals surface area contributed by atoms with E-state index in [1.54, 1.807) is 11.3 Å². The number of aromatic amines is 1. The van der Waals surface area contributed by atoms with Gasteiger partial charge in [0.2, 0.25) is 5.91 Å². The number of aryl methyl sites for hydroxylation is 4. The Morgan fingerprint density at radius 2 is 2.04 bits per heavy atom. The lowest BCUT2D eigenvalue weighted by Gasteiger charge is -2.06. The van der Waals surface area contributed by atoms with Crippen molar-refractivity contribution in [1.29, 1.82) is 0 Å². The van der Waals surface area contributed by atoms with Gasteiger partial charge in [0.25, 0.3) is 5.56 Å². The normalized spacial score (nSPS) is 13.8. The predicted molar refractivity (Wildman–Crippen MR) is 108 cm³/mol. The fraction of sp³-hybridized carbons (Fsp3) is 0.412. The SMILES string of the molecule is Cc1sc2nc(SCC(=O)Nc3nc4c(s3)CCCC4)[nH]c(=O)c2c1C. The van der Waals surface area contributed by atoms with Crippen LogP contribution in [-0.2, 0) is 17.6 Å². The van der Waals surface area contributed by atoms with Crippen LogP contribution in [0, 0.1) is 13.8 Å². The Hall–Kier alpha value is -1.71. The Bertz CT molecular complexity index is 1030. The number of hydrogen-bond acceptors (Lipinski definition) is 7. The van der Waals surface area contributed by atoms with E-state index >= 15 is 0 Å². The topological polar surface area (TPSA) is 87.7 Å². The van der Waals surface area contributed by atoms with Crippen molar-refractivity contribution < 1.29 is 4.79 Å². The van der Waals surface area contributed by atoms with Crippen LogP contribution in [0.1, 0.15) is 33.9 Å². The van der Waals surface area contributed by atoms with E-state index in [0.29, 0.717) is 15.7 Å². The molecule has 4 rings (SSSR count). The summed E-state index contributed by atoms with van der Waals surface area (Å²) in [5, 5.41) is 4.65. The molecule has 1 amide bonds. The molecular formula is C17H18N4O2S3. The quantitative estimate of drug-likeness (QED) is 0.510. The zero-order valence-electron chi connectivity index (χ0n) is 14.5. The van der Waals surface area contributed by atoms with Crippen molar-refractivity contribution >= 4 is 55.7 Å². The summed E-state index contributed by atoms with van der Waals surface area (Å²) in [4.78, 5) is 39.4. The molecular weight excluding hydrogens is 388 g/mol. The van der Waals surface area contributed by atoms with E-state index in [1.807, 2.05) is 13.8 Å². The number of rotatable bonds is 4. The van der Waals surface area contributed by atoms with Crippen molar-refractivity contribution in [3.8, 4) is 0 Å².